The Hall–Kier alpha value is -1.26. The van der Waals surface area contributed by atoms with E-state index in [2.05, 4.69) is 30.8 Å². The summed E-state index contributed by atoms with van der Waals surface area (Å²) in [5, 5.41) is 0. The fourth-order valence-corrected chi connectivity index (χ4v) is 1.17. The lowest BCUT2D eigenvalue weighted by atomic mass is 10.0. The van der Waals surface area contributed by atoms with Crippen LogP contribution < -0.4 is 17.2 Å². The molecule has 0 saturated heterocycles. The third kappa shape index (κ3) is 5.40. The Labute approximate surface area is 85.5 Å². The molecule has 0 aromatic heterocycles. The summed E-state index contributed by atoms with van der Waals surface area (Å²) in [6.45, 7) is 6.32. The Balaban J connectivity index is 4.46. The van der Waals surface area contributed by atoms with Gasteiger partial charge in [0.05, 0.1) is 6.04 Å². The maximum atomic E-state index is 5.55. The van der Waals surface area contributed by atoms with Gasteiger partial charge in [-0.05, 0) is 12.3 Å². The van der Waals surface area contributed by atoms with E-state index in [1.54, 1.807) is 0 Å². The van der Waals surface area contributed by atoms with Gasteiger partial charge in [-0.25, -0.2) is 4.99 Å². The number of rotatable bonds is 4. The molecule has 0 rings (SSSR count). The van der Waals surface area contributed by atoms with Crippen molar-refractivity contribution in [2.75, 3.05) is 0 Å². The molecule has 0 aliphatic rings. The van der Waals surface area contributed by atoms with E-state index in [4.69, 9.17) is 17.2 Å². The molecule has 0 aliphatic heterocycles. The van der Waals surface area contributed by atoms with Crippen LogP contribution in [0.1, 0.15) is 33.6 Å². The molecule has 6 N–H and O–H groups in total. The lowest BCUT2D eigenvalue weighted by Crippen LogP contribution is -2.27. The van der Waals surface area contributed by atoms with Gasteiger partial charge in [0, 0.05) is 0 Å². The van der Waals surface area contributed by atoms with E-state index in [0.29, 0.717) is 5.92 Å². The predicted octanol–water partition coefficient (Wildman–Crippen LogP) is 0.399. The van der Waals surface area contributed by atoms with Crippen LogP contribution in [0.4, 0.5) is 0 Å². The van der Waals surface area contributed by atoms with Crippen LogP contribution in [-0.4, -0.2) is 18.0 Å². The largest absolute Gasteiger partial charge is 0.370 e. The van der Waals surface area contributed by atoms with Crippen molar-refractivity contribution in [1.82, 2.24) is 0 Å². The SMILES string of the molecule is CCCC(N=C(N)N=C(N)N)C(C)C. The normalized spacial score (nSPS) is 14.1. The van der Waals surface area contributed by atoms with Crippen molar-refractivity contribution in [1.29, 1.82) is 0 Å². The second kappa shape index (κ2) is 6.23. The van der Waals surface area contributed by atoms with Crippen LogP contribution in [0.15, 0.2) is 9.98 Å². The van der Waals surface area contributed by atoms with Crippen molar-refractivity contribution in [2.24, 2.45) is 33.1 Å². The summed E-state index contributed by atoms with van der Waals surface area (Å²) in [5.41, 5.74) is 15.9. The summed E-state index contributed by atoms with van der Waals surface area (Å²) in [6.07, 6.45) is 2.07. The average Bonchev–Trinajstić information content (AvgIpc) is 2.01. The number of aliphatic imine (C=N–C) groups is 2. The predicted molar refractivity (Wildman–Crippen MR) is 61.0 cm³/mol. The molecular weight excluding hydrogens is 178 g/mol. The standard InChI is InChI=1S/C9H21N5/c1-4-5-7(6(2)3)13-9(12)14-8(10)11/h6-7H,4-5H2,1-3H3,(H6,10,11,12,13,14). The van der Waals surface area contributed by atoms with Crippen LogP contribution in [0.2, 0.25) is 0 Å². The van der Waals surface area contributed by atoms with Crippen LogP contribution in [0.25, 0.3) is 0 Å². The summed E-state index contributed by atoms with van der Waals surface area (Å²) in [6, 6.07) is 0.197. The Kier molecular flexibility index (Phi) is 5.67. The summed E-state index contributed by atoms with van der Waals surface area (Å²) in [7, 11) is 0. The Bertz CT molecular complexity index is 215. The highest BCUT2D eigenvalue weighted by Crippen LogP contribution is 2.12. The maximum absolute atomic E-state index is 5.55. The van der Waals surface area contributed by atoms with E-state index < -0.39 is 0 Å². The Morgan fingerprint density at radius 2 is 1.79 bits per heavy atom. The van der Waals surface area contributed by atoms with Crippen molar-refractivity contribution >= 4 is 11.9 Å². The Morgan fingerprint density at radius 3 is 2.14 bits per heavy atom. The van der Waals surface area contributed by atoms with Crippen LogP contribution >= 0.6 is 0 Å². The minimum atomic E-state index is -0.0507. The molecule has 0 aromatic carbocycles. The van der Waals surface area contributed by atoms with E-state index in [-0.39, 0.29) is 18.0 Å². The van der Waals surface area contributed by atoms with Crippen LogP contribution in [-0.2, 0) is 0 Å². The first-order valence-electron chi connectivity index (χ1n) is 4.90. The van der Waals surface area contributed by atoms with Crippen molar-refractivity contribution < 1.29 is 0 Å². The molecule has 5 heteroatoms. The zero-order valence-corrected chi connectivity index (χ0v) is 9.20. The first-order valence-corrected chi connectivity index (χ1v) is 4.90. The summed E-state index contributed by atoms with van der Waals surface area (Å²) < 4.78 is 0. The van der Waals surface area contributed by atoms with Gasteiger partial charge in [0.1, 0.15) is 0 Å². The number of hydrogen-bond donors (Lipinski definition) is 3. The molecule has 1 atom stereocenters. The molecule has 0 radical (unpaired) electrons. The lowest BCUT2D eigenvalue weighted by molar-refractivity contribution is 0.462. The zero-order valence-electron chi connectivity index (χ0n) is 9.20. The molecule has 14 heavy (non-hydrogen) atoms. The van der Waals surface area contributed by atoms with Crippen molar-refractivity contribution in [3.8, 4) is 0 Å². The molecular formula is C9H21N5. The minimum Gasteiger partial charge on any atom is -0.370 e. The molecule has 1 unspecified atom stereocenters. The van der Waals surface area contributed by atoms with Gasteiger partial charge >= 0.3 is 0 Å². The minimum absolute atomic E-state index is 0.0507. The third-order valence-corrected chi connectivity index (χ3v) is 1.90. The molecule has 0 aliphatic carbocycles. The van der Waals surface area contributed by atoms with Gasteiger partial charge in [0.15, 0.2) is 5.96 Å². The summed E-state index contributed by atoms with van der Waals surface area (Å²) in [5.74, 6) is 0.560. The quantitative estimate of drug-likeness (QED) is 0.451. The number of guanidine groups is 2. The average molecular weight is 199 g/mol. The number of nitrogens with two attached hydrogens (primary N) is 3. The van der Waals surface area contributed by atoms with Gasteiger partial charge in [-0.15, -0.1) is 0 Å². The van der Waals surface area contributed by atoms with Crippen molar-refractivity contribution in [3.05, 3.63) is 0 Å². The van der Waals surface area contributed by atoms with Crippen molar-refractivity contribution in [2.45, 2.75) is 39.7 Å². The molecule has 0 heterocycles. The monoisotopic (exact) mass is 199 g/mol. The van der Waals surface area contributed by atoms with Crippen LogP contribution in [0.3, 0.4) is 0 Å². The molecule has 0 bridgehead atoms. The molecule has 0 fully saturated rings. The van der Waals surface area contributed by atoms with Gasteiger partial charge in [-0.1, -0.05) is 27.2 Å². The van der Waals surface area contributed by atoms with Gasteiger partial charge < -0.3 is 17.2 Å². The number of hydrogen-bond acceptors (Lipinski definition) is 1. The van der Waals surface area contributed by atoms with Gasteiger partial charge in [-0.3, -0.25) is 0 Å². The van der Waals surface area contributed by atoms with E-state index in [1.165, 1.54) is 0 Å². The summed E-state index contributed by atoms with van der Waals surface area (Å²) in [4.78, 5) is 7.93. The van der Waals surface area contributed by atoms with E-state index in [9.17, 15) is 0 Å². The molecule has 0 amide bonds. The van der Waals surface area contributed by atoms with E-state index in [1.807, 2.05) is 0 Å². The Morgan fingerprint density at radius 1 is 1.21 bits per heavy atom. The fraction of sp³-hybridized carbons (Fsp3) is 0.778. The highest BCUT2D eigenvalue weighted by atomic mass is 15.1. The highest BCUT2D eigenvalue weighted by molar-refractivity contribution is 5.92. The highest BCUT2D eigenvalue weighted by Gasteiger charge is 2.10. The maximum Gasteiger partial charge on any atom is 0.218 e. The third-order valence-electron chi connectivity index (χ3n) is 1.90. The second-order valence-corrected chi connectivity index (χ2v) is 3.62. The molecule has 0 aromatic rings. The van der Waals surface area contributed by atoms with Gasteiger partial charge in [-0.2, -0.15) is 4.99 Å². The lowest BCUT2D eigenvalue weighted by Gasteiger charge is -2.15. The fourth-order valence-electron chi connectivity index (χ4n) is 1.17. The van der Waals surface area contributed by atoms with E-state index in [0.717, 1.165) is 12.8 Å². The van der Waals surface area contributed by atoms with Crippen LogP contribution in [0.5, 0.6) is 0 Å². The number of nitrogens with zero attached hydrogens (tertiary/aromatic N) is 2. The van der Waals surface area contributed by atoms with Crippen molar-refractivity contribution in [3.63, 3.8) is 0 Å². The topological polar surface area (TPSA) is 103 Å². The smallest absolute Gasteiger partial charge is 0.218 e. The molecule has 0 saturated carbocycles. The second-order valence-electron chi connectivity index (χ2n) is 3.62. The van der Waals surface area contributed by atoms with Gasteiger partial charge in [0.2, 0.25) is 5.96 Å². The molecule has 0 spiro atoms. The first-order chi connectivity index (χ1) is 6.47. The summed E-state index contributed by atoms with van der Waals surface area (Å²) >= 11 is 0. The first kappa shape index (κ1) is 12.7. The van der Waals surface area contributed by atoms with E-state index >= 15 is 0 Å². The van der Waals surface area contributed by atoms with Crippen LogP contribution in [0, 0.1) is 5.92 Å². The molecule has 5 nitrogen and oxygen atoms in total. The van der Waals surface area contributed by atoms with Gasteiger partial charge in [0.25, 0.3) is 0 Å². The molecule has 82 valence electrons. The zero-order chi connectivity index (χ0) is 11.1.